The highest BCUT2D eigenvalue weighted by Gasteiger charge is 2.31. The van der Waals surface area contributed by atoms with Crippen LogP contribution >= 0.6 is 0 Å². The Bertz CT molecular complexity index is 437. The van der Waals surface area contributed by atoms with Gasteiger partial charge in [0.2, 0.25) is 0 Å². The fraction of sp³-hybridized carbons (Fsp3) is 0.286. The molecule has 16 heavy (non-hydrogen) atoms. The van der Waals surface area contributed by atoms with Crippen molar-refractivity contribution in [2.45, 2.75) is 12.7 Å². The molecule has 0 saturated carbocycles. The predicted molar refractivity (Wildman–Crippen MR) is 42.2 cm³/mol. The summed E-state index contributed by atoms with van der Waals surface area (Å²) in [6.07, 6.45) is -4.67. The minimum atomic E-state index is -4.67. The second kappa shape index (κ2) is 3.83. The van der Waals surface area contributed by atoms with Gasteiger partial charge < -0.3 is 10.2 Å². The van der Waals surface area contributed by atoms with Gasteiger partial charge in [0.25, 0.3) is 0 Å². The second-order valence-corrected chi connectivity index (χ2v) is 2.80. The Morgan fingerprint density at radius 2 is 1.88 bits per heavy atom. The Morgan fingerprint density at radius 1 is 1.31 bits per heavy atom. The summed E-state index contributed by atoms with van der Waals surface area (Å²) < 4.78 is 36.1. The monoisotopic (exact) mass is 238 g/mol. The number of aromatic carboxylic acids is 2. The van der Waals surface area contributed by atoms with Crippen LogP contribution in [0.5, 0.6) is 0 Å². The number of carboxylic acid groups (broad SMARTS) is 2. The summed E-state index contributed by atoms with van der Waals surface area (Å²) in [4.78, 5) is 20.9. The van der Waals surface area contributed by atoms with Gasteiger partial charge in [0.15, 0.2) is 5.69 Å². The van der Waals surface area contributed by atoms with Crippen LogP contribution in [0, 0.1) is 0 Å². The molecular weight excluding hydrogens is 233 g/mol. The fourth-order valence-electron chi connectivity index (χ4n) is 0.984. The largest absolute Gasteiger partial charge is 0.477 e. The minimum Gasteiger partial charge on any atom is -0.477 e. The van der Waals surface area contributed by atoms with E-state index in [1.807, 2.05) is 0 Å². The highest BCUT2D eigenvalue weighted by molar-refractivity contribution is 5.91. The van der Waals surface area contributed by atoms with Gasteiger partial charge in [-0.3, -0.25) is 0 Å². The summed E-state index contributed by atoms with van der Waals surface area (Å²) in [5, 5.41) is 20.0. The van der Waals surface area contributed by atoms with Crippen molar-refractivity contribution in [3.05, 3.63) is 17.5 Å². The zero-order chi connectivity index (χ0) is 12.5. The Labute approximate surface area is 85.9 Å². The zero-order valence-corrected chi connectivity index (χ0v) is 7.52. The normalized spacial score (nSPS) is 11.4. The molecule has 0 atom stereocenters. The Balaban J connectivity index is 3.15. The van der Waals surface area contributed by atoms with Crippen LogP contribution in [0.2, 0.25) is 0 Å². The van der Waals surface area contributed by atoms with Crippen molar-refractivity contribution >= 4 is 11.9 Å². The lowest BCUT2D eigenvalue weighted by atomic mass is 10.3. The summed E-state index contributed by atoms with van der Waals surface area (Å²) >= 11 is 0. The van der Waals surface area contributed by atoms with Gasteiger partial charge in [-0.05, 0) is 0 Å². The maximum Gasteiger partial charge on any atom is 0.408 e. The quantitative estimate of drug-likeness (QED) is 0.813. The third kappa shape index (κ3) is 2.72. The Kier molecular flexibility index (Phi) is 2.88. The van der Waals surface area contributed by atoms with E-state index in [1.54, 1.807) is 0 Å². The van der Waals surface area contributed by atoms with Crippen LogP contribution in [0.3, 0.4) is 0 Å². The van der Waals surface area contributed by atoms with Gasteiger partial charge in [-0.15, -0.1) is 0 Å². The standard InChI is InChI=1S/C7H5F3N2O4/c8-7(9,10)2-12-4(6(15)16)1-3(11-12)5(13)14/h1H,2H2,(H,13,14)(H,15,16). The number of aromatic nitrogens is 2. The molecule has 6 nitrogen and oxygen atoms in total. The van der Waals surface area contributed by atoms with E-state index in [4.69, 9.17) is 10.2 Å². The van der Waals surface area contributed by atoms with Gasteiger partial charge in [-0.25, -0.2) is 14.3 Å². The first-order chi connectivity index (χ1) is 7.20. The first-order valence-electron chi connectivity index (χ1n) is 3.82. The molecule has 0 spiro atoms. The maximum atomic E-state index is 12.0. The van der Waals surface area contributed by atoms with Gasteiger partial charge in [0, 0.05) is 6.07 Å². The Morgan fingerprint density at radius 3 is 2.25 bits per heavy atom. The van der Waals surface area contributed by atoms with Crippen molar-refractivity contribution in [3.63, 3.8) is 0 Å². The third-order valence-corrected chi connectivity index (χ3v) is 1.55. The lowest BCUT2D eigenvalue weighted by Crippen LogP contribution is -2.22. The van der Waals surface area contributed by atoms with E-state index < -0.39 is 36.0 Å². The molecule has 0 aliphatic rings. The summed E-state index contributed by atoms with van der Waals surface area (Å²) in [5.41, 5.74) is -1.57. The van der Waals surface area contributed by atoms with E-state index in [2.05, 4.69) is 5.10 Å². The number of alkyl halides is 3. The highest BCUT2D eigenvalue weighted by atomic mass is 19.4. The molecule has 0 aliphatic carbocycles. The van der Waals surface area contributed by atoms with Crippen LogP contribution in [0.15, 0.2) is 6.07 Å². The number of hydrogen-bond acceptors (Lipinski definition) is 3. The lowest BCUT2D eigenvalue weighted by Gasteiger charge is -2.07. The molecule has 1 rings (SSSR count). The number of hydrogen-bond donors (Lipinski definition) is 2. The molecule has 0 aromatic carbocycles. The van der Waals surface area contributed by atoms with Crippen LogP contribution < -0.4 is 0 Å². The van der Waals surface area contributed by atoms with Crippen molar-refractivity contribution in [1.29, 1.82) is 0 Å². The van der Waals surface area contributed by atoms with Crippen LogP contribution in [-0.2, 0) is 6.54 Å². The number of carbonyl (C=O) groups is 2. The van der Waals surface area contributed by atoms with Gasteiger partial charge in [0.05, 0.1) is 0 Å². The third-order valence-electron chi connectivity index (χ3n) is 1.55. The summed E-state index contributed by atoms with van der Waals surface area (Å²) in [6.45, 7) is -1.65. The van der Waals surface area contributed by atoms with Crippen LogP contribution in [0.25, 0.3) is 0 Å². The molecule has 0 fully saturated rings. The molecule has 1 heterocycles. The minimum absolute atomic E-state index is 0.0891. The molecule has 0 saturated heterocycles. The average Bonchev–Trinajstić information content (AvgIpc) is 2.44. The maximum absolute atomic E-state index is 12.0. The van der Waals surface area contributed by atoms with Crippen LogP contribution in [-0.4, -0.2) is 38.1 Å². The summed E-state index contributed by atoms with van der Waals surface area (Å²) in [7, 11) is 0. The molecule has 0 aliphatic heterocycles. The molecule has 0 radical (unpaired) electrons. The molecule has 88 valence electrons. The van der Waals surface area contributed by atoms with Gasteiger partial charge in [-0.2, -0.15) is 18.3 Å². The van der Waals surface area contributed by atoms with Crippen LogP contribution in [0.1, 0.15) is 21.0 Å². The molecule has 1 aromatic heterocycles. The van der Waals surface area contributed by atoms with Gasteiger partial charge in [0.1, 0.15) is 12.2 Å². The van der Waals surface area contributed by atoms with E-state index >= 15 is 0 Å². The average molecular weight is 238 g/mol. The number of nitrogens with zero attached hydrogens (tertiary/aromatic N) is 2. The number of carboxylic acids is 2. The second-order valence-electron chi connectivity index (χ2n) is 2.80. The SMILES string of the molecule is O=C(O)c1cc(C(=O)O)n(CC(F)(F)F)n1. The first kappa shape index (κ1) is 12.0. The molecule has 0 unspecified atom stereocenters. The fourth-order valence-corrected chi connectivity index (χ4v) is 0.984. The van der Waals surface area contributed by atoms with E-state index in [0.29, 0.717) is 6.07 Å². The molecular formula is C7H5F3N2O4. The predicted octanol–water partition coefficient (Wildman–Crippen LogP) is 0.842. The first-order valence-corrected chi connectivity index (χ1v) is 3.82. The molecule has 0 bridgehead atoms. The van der Waals surface area contributed by atoms with Crippen LogP contribution in [0.4, 0.5) is 13.2 Å². The summed E-state index contributed by atoms with van der Waals surface area (Å²) in [5.74, 6) is -3.27. The van der Waals surface area contributed by atoms with Crippen molar-refractivity contribution in [2.24, 2.45) is 0 Å². The van der Waals surface area contributed by atoms with Crippen molar-refractivity contribution in [1.82, 2.24) is 9.78 Å². The Hall–Kier alpha value is -2.06. The van der Waals surface area contributed by atoms with E-state index in [-0.39, 0.29) is 4.68 Å². The summed E-state index contributed by atoms with van der Waals surface area (Å²) in [6, 6.07) is 0.566. The number of halogens is 3. The topological polar surface area (TPSA) is 92.4 Å². The van der Waals surface area contributed by atoms with Crippen molar-refractivity contribution < 1.29 is 33.0 Å². The molecule has 1 aromatic rings. The van der Waals surface area contributed by atoms with E-state index in [0.717, 1.165) is 0 Å². The molecule has 2 N–H and O–H groups in total. The van der Waals surface area contributed by atoms with E-state index in [9.17, 15) is 22.8 Å². The van der Waals surface area contributed by atoms with Crippen molar-refractivity contribution in [3.8, 4) is 0 Å². The molecule has 9 heteroatoms. The van der Waals surface area contributed by atoms with Gasteiger partial charge >= 0.3 is 18.1 Å². The highest BCUT2D eigenvalue weighted by Crippen LogP contribution is 2.18. The van der Waals surface area contributed by atoms with E-state index in [1.165, 1.54) is 0 Å². The smallest absolute Gasteiger partial charge is 0.408 e. The molecule has 0 amide bonds. The lowest BCUT2D eigenvalue weighted by molar-refractivity contribution is -0.142. The number of rotatable bonds is 3. The zero-order valence-electron chi connectivity index (χ0n) is 7.52. The van der Waals surface area contributed by atoms with Crippen molar-refractivity contribution in [2.75, 3.05) is 0 Å². The van der Waals surface area contributed by atoms with Gasteiger partial charge in [-0.1, -0.05) is 0 Å².